The van der Waals surface area contributed by atoms with Crippen molar-refractivity contribution in [2.45, 2.75) is 25.8 Å². The number of fused-ring (bicyclic) bond motifs is 2. The lowest BCUT2D eigenvalue weighted by Gasteiger charge is -2.17. The molecule has 4 rings (SSSR count). The van der Waals surface area contributed by atoms with Crippen molar-refractivity contribution in [2.24, 2.45) is 5.11 Å². The van der Waals surface area contributed by atoms with Crippen molar-refractivity contribution in [3.8, 4) is 5.69 Å². The highest BCUT2D eigenvalue weighted by Gasteiger charge is 2.22. The quantitative estimate of drug-likeness (QED) is 0.0296. The van der Waals surface area contributed by atoms with E-state index in [0.717, 1.165) is 18.5 Å². The smallest absolute Gasteiger partial charge is 0.307 e. The van der Waals surface area contributed by atoms with E-state index in [4.69, 9.17) is 49.8 Å². The molecule has 3 heterocycles. The number of carbonyl (C=O) groups is 1. The number of hydrogen-bond acceptors (Lipinski definition) is 14. The molecule has 1 aromatic carbocycles. The fourth-order valence-electron chi connectivity index (χ4n) is 4.98. The van der Waals surface area contributed by atoms with Crippen molar-refractivity contribution in [2.75, 3.05) is 111 Å². The number of ether oxygens (including phenoxy) is 6. The molecule has 0 aliphatic rings. The van der Waals surface area contributed by atoms with Crippen molar-refractivity contribution in [1.29, 1.82) is 0 Å². The number of benzene rings is 1. The molecule has 0 radical (unpaired) electrons. The maximum absolute atomic E-state index is 12.6. The molecule has 19 nitrogen and oxygen atoms in total. The molecule has 0 aliphatic carbocycles. The van der Waals surface area contributed by atoms with E-state index in [1.54, 1.807) is 11.9 Å². The van der Waals surface area contributed by atoms with Gasteiger partial charge in [-0.3, -0.25) is 4.79 Å². The summed E-state index contributed by atoms with van der Waals surface area (Å²) in [5, 5.41) is 3.38. The molecule has 0 bridgehead atoms. The largest absolute Gasteiger partial charge is 0.424 e. The van der Waals surface area contributed by atoms with Gasteiger partial charge in [0.2, 0.25) is 11.4 Å². The molecular weight excluding hydrogens is 666 g/mol. The van der Waals surface area contributed by atoms with Gasteiger partial charge in [0, 0.05) is 31.1 Å². The summed E-state index contributed by atoms with van der Waals surface area (Å²) < 4.78 is 42.0. The Morgan fingerprint density at radius 3 is 2.20 bits per heavy atom. The number of hydrogen-bond donors (Lipinski definition) is 2. The summed E-state index contributed by atoms with van der Waals surface area (Å²) in [6, 6.07) is 5.69. The number of nitrogens with zero attached hydrogens (tertiary/aromatic N) is 9. The van der Waals surface area contributed by atoms with E-state index >= 15 is 0 Å². The van der Waals surface area contributed by atoms with Crippen LogP contribution in [0.4, 0.5) is 11.8 Å². The number of oxazole rings is 1. The fraction of sp³-hybridized carbons (Fsp3) is 0.594. The van der Waals surface area contributed by atoms with Crippen LogP contribution in [-0.2, 0) is 39.8 Å². The molecule has 0 aliphatic heterocycles. The van der Waals surface area contributed by atoms with E-state index < -0.39 is 0 Å². The maximum atomic E-state index is 12.6. The van der Waals surface area contributed by atoms with Crippen molar-refractivity contribution in [1.82, 2.24) is 24.4 Å². The van der Waals surface area contributed by atoms with Crippen LogP contribution in [0.2, 0.25) is 0 Å². The van der Waals surface area contributed by atoms with E-state index in [2.05, 4.69) is 25.0 Å². The third-order valence-electron chi connectivity index (χ3n) is 7.55. The molecule has 0 saturated heterocycles. The standard InChI is InChI=1S/C32H48N11O8/c1-41(28(44)6-10-45-12-14-47-16-18-49-20-21-50-19-17-48-15-13-46-11-7-38-40-35)8-2-3-9-42-24-43(29-30(33)36-23-37-31(29)42)25-4-5-27-26(22-25)39-32(34)51-27/h4-5,22-24H,2-3,6-21H2,1H3,(H2,34,39)(H2,33,36,37)/q+1. The fourth-order valence-corrected chi connectivity index (χ4v) is 4.98. The molecule has 3 aromatic heterocycles. The topological polar surface area (TPSA) is 237 Å². The van der Waals surface area contributed by atoms with Gasteiger partial charge in [-0.1, -0.05) is 10.1 Å². The van der Waals surface area contributed by atoms with Crippen LogP contribution in [0, 0.1) is 0 Å². The highest BCUT2D eigenvalue weighted by atomic mass is 16.6. The van der Waals surface area contributed by atoms with E-state index in [-0.39, 0.29) is 11.9 Å². The minimum atomic E-state index is 0.0275. The SMILES string of the molecule is CN(CCCC[n+]1cn(-c2ccc3oc(N)nc3c2)c2c(N)ncnc21)C(=O)CCOCCOCCOCCOCCOCCOCCN=[N+]=[N-]. The van der Waals surface area contributed by atoms with Crippen LogP contribution in [0.3, 0.4) is 0 Å². The second kappa shape index (κ2) is 22.3. The number of nitrogen functional groups attached to an aromatic ring is 2. The average Bonchev–Trinajstić information content (AvgIpc) is 3.70. The van der Waals surface area contributed by atoms with Crippen molar-refractivity contribution in [3.63, 3.8) is 0 Å². The van der Waals surface area contributed by atoms with Gasteiger partial charge in [-0.25, -0.2) is 9.13 Å². The van der Waals surface area contributed by atoms with E-state index in [0.29, 0.717) is 133 Å². The van der Waals surface area contributed by atoms with Gasteiger partial charge in [0.05, 0.1) is 92.2 Å². The zero-order chi connectivity index (χ0) is 36.1. The van der Waals surface area contributed by atoms with Crippen LogP contribution < -0.4 is 16.0 Å². The Morgan fingerprint density at radius 1 is 0.922 bits per heavy atom. The Labute approximate surface area is 295 Å². The number of carbonyl (C=O) groups excluding carboxylic acids is 1. The number of aromatic nitrogens is 5. The first-order chi connectivity index (χ1) is 25.0. The van der Waals surface area contributed by atoms with Crippen molar-refractivity contribution < 1.29 is 42.2 Å². The normalized spacial score (nSPS) is 11.4. The number of nitrogens with two attached hydrogens (primary N) is 2. The third-order valence-corrected chi connectivity index (χ3v) is 7.55. The lowest BCUT2D eigenvalue weighted by Crippen LogP contribution is -2.34. The summed E-state index contributed by atoms with van der Waals surface area (Å²) in [6.45, 7) is 6.81. The van der Waals surface area contributed by atoms with Crippen LogP contribution in [0.5, 0.6) is 0 Å². The average molecular weight is 715 g/mol. The molecule has 0 spiro atoms. The number of azide groups is 1. The first-order valence-corrected chi connectivity index (χ1v) is 16.9. The van der Waals surface area contributed by atoms with E-state index in [1.807, 2.05) is 33.7 Å². The lowest BCUT2D eigenvalue weighted by atomic mass is 10.2. The van der Waals surface area contributed by atoms with Gasteiger partial charge in [0.15, 0.2) is 24.1 Å². The highest BCUT2D eigenvalue weighted by molar-refractivity contribution is 5.83. The third kappa shape index (κ3) is 13.2. The predicted molar refractivity (Wildman–Crippen MR) is 186 cm³/mol. The van der Waals surface area contributed by atoms with Crippen LogP contribution in [0.1, 0.15) is 19.3 Å². The second-order valence-corrected chi connectivity index (χ2v) is 11.2. The maximum Gasteiger partial charge on any atom is 0.307 e. The number of aryl methyl sites for hydroxylation is 1. The van der Waals surface area contributed by atoms with Gasteiger partial charge in [-0.2, -0.15) is 9.97 Å². The molecular formula is C32H48N11O8+. The zero-order valence-electron chi connectivity index (χ0n) is 29.1. The van der Waals surface area contributed by atoms with Gasteiger partial charge in [-0.05, 0) is 30.5 Å². The van der Waals surface area contributed by atoms with Gasteiger partial charge in [-0.15, -0.1) is 0 Å². The number of imidazole rings is 1. The Hall–Kier alpha value is -4.62. The monoisotopic (exact) mass is 714 g/mol. The second-order valence-electron chi connectivity index (χ2n) is 11.2. The Kier molecular flexibility index (Phi) is 17.1. The minimum Gasteiger partial charge on any atom is -0.424 e. The molecule has 4 aromatic rings. The molecule has 19 heteroatoms. The first kappa shape index (κ1) is 39.2. The summed E-state index contributed by atoms with van der Waals surface area (Å²) in [7, 11) is 1.81. The zero-order valence-corrected chi connectivity index (χ0v) is 29.1. The van der Waals surface area contributed by atoms with E-state index in [9.17, 15) is 4.79 Å². The van der Waals surface area contributed by atoms with Gasteiger partial charge >= 0.3 is 5.65 Å². The molecule has 1 amide bonds. The van der Waals surface area contributed by atoms with Gasteiger partial charge in [0.25, 0.3) is 6.01 Å². The molecule has 4 N–H and O–H groups in total. The van der Waals surface area contributed by atoms with Crippen molar-refractivity contribution >= 4 is 40.0 Å². The molecule has 0 saturated carbocycles. The Balaban J connectivity index is 0.995. The molecule has 278 valence electrons. The molecule has 51 heavy (non-hydrogen) atoms. The number of rotatable bonds is 27. The lowest BCUT2D eigenvalue weighted by molar-refractivity contribution is -0.674. The highest BCUT2D eigenvalue weighted by Crippen LogP contribution is 2.24. The first-order valence-electron chi connectivity index (χ1n) is 16.9. The Bertz CT molecular complexity index is 1680. The number of amides is 1. The predicted octanol–water partition coefficient (Wildman–Crippen LogP) is 2.05. The number of anilines is 2. The summed E-state index contributed by atoms with van der Waals surface area (Å²) in [5.41, 5.74) is 23.6. The summed E-state index contributed by atoms with van der Waals surface area (Å²) in [6.07, 6.45) is 5.33. The van der Waals surface area contributed by atoms with Gasteiger partial charge in [0.1, 0.15) is 11.2 Å². The number of unbranched alkanes of at least 4 members (excludes halogenated alkanes) is 1. The van der Waals surface area contributed by atoms with Gasteiger partial charge < -0.3 is 49.2 Å². The van der Waals surface area contributed by atoms with Crippen LogP contribution in [0.15, 0.2) is 40.4 Å². The van der Waals surface area contributed by atoms with Crippen LogP contribution in [0.25, 0.3) is 38.4 Å². The Morgan fingerprint density at radius 2 is 1.55 bits per heavy atom. The molecule has 0 unspecified atom stereocenters. The minimum absolute atomic E-state index is 0.0275. The summed E-state index contributed by atoms with van der Waals surface area (Å²) in [5.74, 6) is 0.392. The summed E-state index contributed by atoms with van der Waals surface area (Å²) >= 11 is 0. The van der Waals surface area contributed by atoms with Crippen LogP contribution >= 0.6 is 0 Å². The molecule has 0 fully saturated rings. The van der Waals surface area contributed by atoms with Crippen molar-refractivity contribution in [3.05, 3.63) is 41.3 Å². The molecule has 0 atom stereocenters. The van der Waals surface area contributed by atoms with E-state index in [1.165, 1.54) is 6.33 Å². The van der Waals surface area contributed by atoms with Crippen LogP contribution in [-0.4, -0.2) is 130 Å². The summed E-state index contributed by atoms with van der Waals surface area (Å²) in [4.78, 5) is 29.9.